The molecule has 0 bridgehead atoms. The van der Waals surface area contributed by atoms with Crippen molar-refractivity contribution in [1.29, 1.82) is 0 Å². The van der Waals surface area contributed by atoms with E-state index in [-0.39, 0.29) is 12.2 Å². The standard InChI is InChI=1S/C15H15FN2O3/c1-20-14-7-11(17)4-5-13(14)21-8-10-3-2-9(15(18)19)6-12(10)16/h2-7H,8,17H2,1H3,(H2,18,19). The van der Waals surface area contributed by atoms with Crippen LogP contribution in [0.25, 0.3) is 0 Å². The minimum Gasteiger partial charge on any atom is -0.493 e. The first-order valence-corrected chi connectivity index (χ1v) is 6.16. The number of nitrogens with two attached hydrogens (primary N) is 2. The molecule has 6 heteroatoms. The van der Waals surface area contributed by atoms with E-state index in [4.69, 9.17) is 20.9 Å². The first kappa shape index (κ1) is 14.6. The summed E-state index contributed by atoms with van der Waals surface area (Å²) >= 11 is 0. The van der Waals surface area contributed by atoms with E-state index in [9.17, 15) is 9.18 Å². The molecule has 4 N–H and O–H groups in total. The number of carbonyl (C=O) groups excluding carboxylic acids is 1. The van der Waals surface area contributed by atoms with Gasteiger partial charge in [0.25, 0.3) is 0 Å². The molecule has 2 aromatic carbocycles. The van der Waals surface area contributed by atoms with Gasteiger partial charge in [0.2, 0.25) is 5.91 Å². The van der Waals surface area contributed by atoms with E-state index < -0.39 is 11.7 Å². The van der Waals surface area contributed by atoms with Crippen molar-refractivity contribution in [2.45, 2.75) is 6.61 Å². The van der Waals surface area contributed by atoms with Crippen LogP contribution >= 0.6 is 0 Å². The second kappa shape index (κ2) is 6.13. The van der Waals surface area contributed by atoms with Gasteiger partial charge in [0.05, 0.1) is 7.11 Å². The summed E-state index contributed by atoms with van der Waals surface area (Å²) in [5.74, 6) is -0.323. The molecule has 0 aromatic heterocycles. The number of hydrogen-bond acceptors (Lipinski definition) is 4. The number of benzene rings is 2. The smallest absolute Gasteiger partial charge is 0.248 e. The topological polar surface area (TPSA) is 87.6 Å². The number of hydrogen-bond donors (Lipinski definition) is 2. The Morgan fingerprint density at radius 2 is 1.95 bits per heavy atom. The highest BCUT2D eigenvalue weighted by Crippen LogP contribution is 2.29. The number of nitrogen functional groups attached to an aromatic ring is 1. The van der Waals surface area contributed by atoms with E-state index in [1.54, 1.807) is 18.2 Å². The van der Waals surface area contributed by atoms with Crippen LogP contribution in [0.15, 0.2) is 36.4 Å². The van der Waals surface area contributed by atoms with E-state index in [2.05, 4.69) is 0 Å². The van der Waals surface area contributed by atoms with Crippen LogP contribution in [-0.2, 0) is 6.61 Å². The van der Waals surface area contributed by atoms with Crippen LogP contribution in [0.4, 0.5) is 10.1 Å². The van der Waals surface area contributed by atoms with E-state index in [1.165, 1.54) is 19.2 Å². The van der Waals surface area contributed by atoms with Gasteiger partial charge in [-0.2, -0.15) is 0 Å². The van der Waals surface area contributed by atoms with Gasteiger partial charge in [0.1, 0.15) is 12.4 Å². The van der Waals surface area contributed by atoms with Crippen molar-refractivity contribution in [3.8, 4) is 11.5 Å². The summed E-state index contributed by atoms with van der Waals surface area (Å²) in [4.78, 5) is 11.0. The lowest BCUT2D eigenvalue weighted by molar-refractivity contribution is 0.0999. The van der Waals surface area contributed by atoms with Crippen LogP contribution in [0.5, 0.6) is 11.5 Å². The first-order chi connectivity index (χ1) is 10.0. The molecule has 0 saturated carbocycles. The fourth-order valence-electron chi connectivity index (χ4n) is 1.78. The number of halogens is 1. The fraction of sp³-hybridized carbons (Fsp3) is 0.133. The quantitative estimate of drug-likeness (QED) is 0.825. The van der Waals surface area contributed by atoms with Gasteiger partial charge in [-0.05, 0) is 24.3 Å². The van der Waals surface area contributed by atoms with Crippen LogP contribution in [0.1, 0.15) is 15.9 Å². The highest BCUT2D eigenvalue weighted by Gasteiger charge is 2.10. The molecule has 0 aliphatic carbocycles. The molecule has 0 aliphatic rings. The average Bonchev–Trinajstić information content (AvgIpc) is 2.46. The van der Waals surface area contributed by atoms with Crippen molar-refractivity contribution in [2.75, 3.05) is 12.8 Å². The molecule has 0 saturated heterocycles. The Balaban J connectivity index is 2.15. The average molecular weight is 290 g/mol. The summed E-state index contributed by atoms with van der Waals surface area (Å²) in [6.45, 7) is -0.00878. The maximum absolute atomic E-state index is 13.8. The van der Waals surface area contributed by atoms with Crippen molar-refractivity contribution in [1.82, 2.24) is 0 Å². The van der Waals surface area contributed by atoms with Crippen molar-refractivity contribution in [3.05, 3.63) is 53.3 Å². The zero-order valence-electron chi connectivity index (χ0n) is 11.4. The Kier molecular flexibility index (Phi) is 4.27. The normalized spacial score (nSPS) is 10.2. The maximum Gasteiger partial charge on any atom is 0.248 e. The molecule has 5 nitrogen and oxygen atoms in total. The largest absolute Gasteiger partial charge is 0.493 e. The van der Waals surface area contributed by atoms with Crippen LogP contribution < -0.4 is 20.9 Å². The number of carbonyl (C=O) groups is 1. The Morgan fingerprint density at radius 1 is 1.19 bits per heavy atom. The van der Waals surface area contributed by atoms with Crippen molar-refractivity contribution in [3.63, 3.8) is 0 Å². The van der Waals surface area contributed by atoms with Crippen LogP contribution in [0.3, 0.4) is 0 Å². The number of methoxy groups -OCH3 is 1. The molecular weight excluding hydrogens is 275 g/mol. The maximum atomic E-state index is 13.8. The van der Waals surface area contributed by atoms with Gasteiger partial charge in [-0.3, -0.25) is 4.79 Å². The molecule has 1 amide bonds. The van der Waals surface area contributed by atoms with E-state index in [1.807, 2.05) is 0 Å². The lowest BCUT2D eigenvalue weighted by Crippen LogP contribution is -2.11. The number of amides is 1. The van der Waals surface area contributed by atoms with Crippen molar-refractivity contribution in [2.24, 2.45) is 5.73 Å². The lowest BCUT2D eigenvalue weighted by atomic mass is 10.1. The summed E-state index contributed by atoms with van der Waals surface area (Å²) in [5.41, 5.74) is 11.7. The molecule has 21 heavy (non-hydrogen) atoms. The van der Waals surface area contributed by atoms with Crippen LogP contribution in [-0.4, -0.2) is 13.0 Å². The van der Waals surface area contributed by atoms with Crippen molar-refractivity contribution >= 4 is 11.6 Å². The number of primary amides is 1. The molecule has 0 heterocycles. The van der Waals surface area contributed by atoms with Gasteiger partial charge in [-0.15, -0.1) is 0 Å². The Morgan fingerprint density at radius 3 is 2.57 bits per heavy atom. The number of rotatable bonds is 5. The Labute approximate surface area is 121 Å². The summed E-state index contributed by atoms with van der Waals surface area (Å²) in [6.07, 6.45) is 0. The van der Waals surface area contributed by atoms with Gasteiger partial charge >= 0.3 is 0 Å². The Hall–Kier alpha value is -2.76. The molecule has 0 unspecified atom stereocenters. The second-order valence-electron chi connectivity index (χ2n) is 4.37. The van der Waals surface area contributed by atoms with Gasteiger partial charge in [-0.25, -0.2) is 4.39 Å². The molecular formula is C15H15FN2O3. The molecule has 0 aliphatic heterocycles. The van der Waals surface area contributed by atoms with E-state index in [0.29, 0.717) is 22.7 Å². The number of ether oxygens (including phenoxy) is 2. The minimum absolute atomic E-state index is 0.00878. The summed E-state index contributed by atoms with van der Waals surface area (Å²) in [6, 6.07) is 8.90. The SMILES string of the molecule is COc1cc(N)ccc1OCc1ccc(C(N)=O)cc1F. The zero-order chi connectivity index (χ0) is 15.4. The molecule has 0 atom stereocenters. The molecule has 0 spiro atoms. The molecule has 0 fully saturated rings. The highest BCUT2D eigenvalue weighted by molar-refractivity contribution is 5.92. The molecule has 0 radical (unpaired) electrons. The number of anilines is 1. The second-order valence-corrected chi connectivity index (χ2v) is 4.37. The van der Waals surface area contributed by atoms with Gasteiger partial charge in [-0.1, -0.05) is 6.07 Å². The monoisotopic (exact) mass is 290 g/mol. The van der Waals surface area contributed by atoms with Crippen LogP contribution in [0, 0.1) is 5.82 Å². The third kappa shape index (κ3) is 3.42. The predicted octanol–water partition coefficient (Wildman–Crippen LogP) is 2.09. The summed E-state index contributed by atoms with van der Waals surface area (Å²) < 4.78 is 24.5. The zero-order valence-corrected chi connectivity index (χ0v) is 11.4. The fourth-order valence-corrected chi connectivity index (χ4v) is 1.78. The molecule has 2 aromatic rings. The minimum atomic E-state index is -0.679. The lowest BCUT2D eigenvalue weighted by Gasteiger charge is -2.12. The summed E-state index contributed by atoms with van der Waals surface area (Å²) in [7, 11) is 1.49. The third-order valence-electron chi connectivity index (χ3n) is 2.91. The van der Waals surface area contributed by atoms with Gasteiger partial charge in [0.15, 0.2) is 11.5 Å². The first-order valence-electron chi connectivity index (χ1n) is 6.16. The highest BCUT2D eigenvalue weighted by atomic mass is 19.1. The predicted molar refractivity (Wildman–Crippen MR) is 76.7 cm³/mol. The van der Waals surface area contributed by atoms with E-state index in [0.717, 1.165) is 6.07 Å². The van der Waals surface area contributed by atoms with E-state index >= 15 is 0 Å². The van der Waals surface area contributed by atoms with Gasteiger partial charge < -0.3 is 20.9 Å². The van der Waals surface area contributed by atoms with Crippen molar-refractivity contribution < 1.29 is 18.7 Å². The molecule has 2 rings (SSSR count). The van der Waals surface area contributed by atoms with Crippen LogP contribution in [0.2, 0.25) is 0 Å². The molecule has 110 valence electrons. The third-order valence-corrected chi connectivity index (χ3v) is 2.91. The van der Waals surface area contributed by atoms with Gasteiger partial charge in [0, 0.05) is 22.9 Å². The Bertz CT molecular complexity index is 674. The summed E-state index contributed by atoms with van der Waals surface area (Å²) in [5, 5.41) is 0.